The normalized spacial score (nSPS) is 16.3. The van der Waals surface area contributed by atoms with Crippen molar-refractivity contribution in [3.8, 4) is 0 Å². The average Bonchev–Trinajstić information content (AvgIpc) is 3.35. The number of carbonyl (C=O) groups excluding carboxylic acids is 1. The molecule has 28 heavy (non-hydrogen) atoms. The average molecular weight is 409 g/mol. The molecule has 0 saturated heterocycles. The molecular weight excluding hydrogens is 392 g/mol. The lowest BCUT2D eigenvalue weighted by molar-refractivity contribution is -0.134. The third kappa shape index (κ3) is 2.99. The van der Waals surface area contributed by atoms with Crippen molar-refractivity contribution in [1.82, 2.24) is 19.9 Å². The largest absolute Gasteiger partial charge is 0.330 e. The van der Waals surface area contributed by atoms with Crippen molar-refractivity contribution in [2.75, 3.05) is 6.54 Å². The first-order valence-electron chi connectivity index (χ1n) is 9.10. The van der Waals surface area contributed by atoms with Gasteiger partial charge in [-0.2, -0.15) is 0 Å². The quantitative estimate of drug-likeness (QED) is 0.507. The Morgan fingerprint density at radius 1 is 1.14 bits per heavy atom. The van der Waals surface area contributed by atoms with Crippen LogP contribution >= 0.6 is 22.9 Å². The van der Waals surface area contributed by atoms with Crippen molar-refractivity contribution < 1.29 is 4.79 Å². The lowest BCUT2D eigenvalue weighted by Crippen LogP contribution is -2.41. The summed E-state index contributed by atoms with van der Waals surface area (Å²) < 4.78 is 1.68. The fourth-order valence-corrected chi connectivity index (χ4v) is 4.87. The Balaban J connectivity index is 1.50. The highest BCUT2D eigenvalue weighted by Crippen LogP contribution is 2.38. The number of nitrogens with zero attached hydrogens (tertiary/aromatic N) is 4. The number of aromatic nitrogens is 3. The summed E-state index contributed by atoms with van der Waals surface area (Å²) in [5.74, 6) is 0.0347. The predicted octanol–water partition coefficient (Wildman–Crippen LogP) is 4.32. The number of hydrogen-bond acceptors (Lipinski definition) is 4. The number of rotatable bonds is 3. The minimum absolute atomic E-state index is 0.0347. The Morgan fingerprint density at radius 3 is 2.82 bits per heavy atom. The van der Waals surface area contributed by atoms with Gasteiger partial charge in [0.05, 0.1) is 11.6 Å². The second-order valence-electron chi connectivity index (χ2n) is 6.83. The molecule has 7 heteroatoms. The first kappa shape index (κ1) is 17.4. The van der Waals surface area contributed by atoms with Crippen molar-refractivity contribution in [3.05, 3.63) is 81.0 Å². The van der Waals surface area contributed by atoms with Gasteiger partial charge in [0.15, 0.2) is 0 Å². The molecule has 1 atom stereocenters. The number of amides is 1. The molecule has 2 aromatic heterocycles. The first-order valence-corrected chi connectivity index (χ1v) is 10.4. The second-order valence-corrected chi connectivity index (χ2v) is 8.26. The first-order chi connectivity index (χ1) is 13.7. The van der Waals surface area contributed by atoms with Crippen LogP contribution < -0.4 is 0 Å². The monoisotopic (exact) mass is 408 g/mol. The highest BCUT2D eigenvalue weighted by molar-refractivity contribution is 7.10. The van der Waals surface area contributed by atoms with E-state index in [-0.39, 0.29) is 18.5 Å². The molecule has 1 amide bonds. The third-order valence-electron chi connectivity index (χ3n) is 5.18. The molecule has 0 saturated carbocycles. The summed E-state index contributed by atoms with van der Waals surface area (Å²) in [6.45, 7) is 0.857. The zero-order chi connectivity index (χ0) is 19.1. The molecule has 3 heterocycles. The molecule has 0 N–H and O–H groups in total. The zero-order valence-electron chi connectivity index (χ0n) is 15.0. The van der Waals surface area contributed by atoms with Crippen molar-refractivity contribution >= 4 is 39.9 Å². The maximum absolute atomic E-state index is 13.3. The topological polar surface area (TPSA) is 51.0 Å². The number of carbonyl (C=O) groups is 1. The van der Waals surface area contributed by atoms with Crippen molar-refractivity contribution in [3.63, 3.8) is 0 Å². The van der Waals surface area contributed by atoms with E-state index in [2.05, 4.69) is 21.8 Å². The van der Waals surface area contributed by atoms with E-state index < -0.39 is 0 Å². The highest BCUT2D eigenvalue weighted by atomic mass is 35.5. The summed E-state index contributed by atoms with van der Waals surface area (Å²) in [6.07, 6.45) is 0.876. The lowest BCUT2D eigenvalue weighted by Gasteiger charge is -2.36. The van der Waals surface area contributed by atoms with Gasteiger partial charge < -0.3 is 4.90 Å². The summed E-state index contributed by atoms with van der Waals surface area (Å²) in [7, 11) is 0. The van der Waals surface area contributed by atoms with Crippen LogP contribution in [0.15, 0.2) is 60.0 Å². The standard InChI is InChI=1S/C21H17ClN4OS/c22-15-7-5-14(6-8-15)21-16-10-12-28-19(16)9-11-25(21)20(27)13-26-18-4-2-1-3-17(18)23-24-26/h1-8,10,12,21H,9,11,13H2. The fourth-order valence-electron chi connectivity index (χ4n) is 3.84. The van der Waals surface area contributed by atoms with E-state index in [0.717, 1.165) is 23.0 Å². The Labute approximate surface area is 171 Å². The molecule has 1 aliphatic heterocycles. The van der Waals surface area contributed by atoms with Crippen LogP contribution in [0.5, 0.6) is 0 Å². The molecule has 2 aromatic carbocycles. The van der Waals surface area contributed by atoms with E-state index in [1.54, 1.807) is 16.0 Å². The van der Waals surface area contributed by atoms with Gasteiger partial charge in [0.1, 0.15) is 12.1 Å². The van der Waals surface area contributed by atoms with Gasteiger partial charge in [-0.05, 0) is 53.3 Å². The minimum Gasteiger partial charge on any atom is -0.330 e. The van der Waals surface area contributed by atoms with E-state index in [0.29, 0.717) is 11.6 Å². The van der Waals surface area contributed by atoms with Gasteiger partial charge in [0, 0.05) is 16.4 Å². The van der Waals surface area contributed by atoms with E-state index >= 15 is 0 Å². The van der Waals surface area contributed by atoms with E-state index in [1.807, 2.05) is 53.4 Å². The van der Waals surface area contributed by atoms with E-state index in [1.165, 1.54) is 10.4 Å². The van der Waals surface area contributed by atoms with E-state index in [4.69, 9.17) is 11.6 Å². The zero-order valence-corrected chi connectivity index (χ0v) is 16.5. The summed E-state index contributed by atoms with van der Waals surface area (Å²) in [5.41, 5.74) is 3.94. The number of halogens is 1. The van der Waals surface area contributed by atoms with Gasteiger partial charge >= 0.3 is 0 Å². The number of thiophene rings is 1. The van der Waals surface area contributed by atoms with Crippen molar-refractivity contribution in [1.29, 1.82) is 0 Å². The van der Waals surface area contributed by atoms with Crippen molar-refractivity contribution in [2.24, 2.45) is 0 Å². The molecule has 5 rings (SSSR count). The van der Waals surface area contributed by atoms with Gasteiger partial charge in [-0.25, -0.2) is 4.68 Å². The molecule has 0 aliphatic carbocycles. The molecule has 5 nitrogen and oxygen atoms in total. The Kier molecular flexibility index (Phi) is 4.37. The third-order valence-corrected chi connectivity index (χ3v) is 6.43. The van der Waals surface area contributed by atoms with Crippen LogP contribution in [0.4, 0.5) is 0 Å². The molecular formula is C21H17ClN4OS. The van der Waals surface area contributed by atoms with Crippen molar-refractivity contribution in [2.45, 2.75) is 19.0 Å². The molecule has 1 unspecified atom stereocenters. The smallest absolute Gasteiger partial charge is 0.245 e. The Morgan fingerprint density at radius 2 is 1.96 bits per heavy atom. The van der Waals surface area contributed by atoms with Gasteiger partial charge in [0.25, 0.3) is 0 Å². The molecule has 140 valence electrons. The summed E-state index contributed by atoms with van der Waals surface area (Å²) in [5, 5.41) is 11.1. The lowest BCUT2D eigenvalue weighted by atomic mass is 9.93. The number of benzene rings is 2. The van der Waals surface area contributed by atoms with Gasteiger partial charge in [-0.1, -0.05) is 41.1 Å². The number of para-hydroxylation sites is 1. The molecule has 0 fully saturated rings. The van der Waals surface area contributed by atoms with Crippen LogP contribution in [0.3, 0.4) is 0 Å². The maximum Gasteiger partial charge on any atom is 0.245 e. The maximum atomic E-state index is 13.3. The SMILES string of the molecule is O=C(Cn1nnc2ccccc21)N1CCc2sccc2C1c1ccc(Cl)cc1. The van der Waals surface area contributed by atoms with Gasteiger partial charge in [0.2, 0.25) is 5.91 Å². The van der Waals surface area contributed by atoms with Crippen LogP contribution in [-0.4, -0.2) is 32.3 Å². The molecule has 1 aliphatic rings. The van der Waals surface area contributed by atoms with Crippen LogP contribution in [0.25, 0.3) is 11.0 Å². The van der Waals surface area contributed by atoms with Gasteiger partial charge in [-0.3, -0.25) is 4.79 Å². The van der Waals surface area contributed by atoms with Crippen LogP contribution in [-0.2, 0) is 17.8 Å². The fraction of sp³-hybridized carbons (Fsp3) is 0.190. The number of fused-ring (bicyclic) bond motifs is 2. The predicted molar refractivity (Wildman–Crippen MR) is 111 cm³/mol. The molecule has 0 radical (unpaired) electrons. The molecule has 4 aromatic rings. The van der Waals surface area contributed by atoms with E-state index in [9.17, 15) is 4.79 Å². The second kappa shape index (κ2) is 7.04. The minimum atomic E-state index is -0.102. The van der Waals surface area contributed by atoms with Crippen LogP contribution in [0, 0.1) is 0 Å². The van der Waals surface area contributed by atoms with Crippen LogP contribution in [0.1, 0.15) is 22.0 Å². The van der Waals surface area contributed by atoms with Gasteiger partial charge in [-0.15, -0.1) is 16.4 Å². The summed E-state index contributed by atoms with van der Waals surface area (Å²) in [6, 6.07) is 17.5. The van der Waals surface area contributed by atoms with Crippen LogP contribution in [0.2, 0.25) is 5.02 Å². The summed E-state index contributed by atoms with van der Waals surface area (Å²) >= 11 is 7.84. The highest BCUT2D eigenvalue weighted by Gasteiger charge is 2.33. The Bertz CT molecular complexity index is 1150. The molecule has 0 bridgehead atoms. The summed E-state index contributed by atoms with van der Waals surface area (Å²) in [4.78, 5) is 16.6. The molecule has 0 spiro atoms. The Hall–Kier alpha value is -2.70. The number of hydrogen-bond donors (Lipinski definition) is 0.